The van der Waals surface area contributed by atoms with E-state index in [1.807, 2.05) is 12.3 Å². The fraction of sp³-hybridized carbons (Fsp3) is 0.286. The second kappa shape index (κ2) is 6.52. The van der Waals surface area contributed by atoms with Crippen LogP contribution in [0, 0.1) is 5.82 Å². The molecule has 1 atom stereocenters. The molecule has 1 N–H and O–H groups in total. The molecule has 0 aliphatic rings. The number of rotatable bonds is 5. The summed E-state index contributed by atoms with van der Waals surface area (Å²) in [5, 5.41) is 4.26. The van der Waals surface area contributed by atoms with E-state index < -0.39 is 0 Å². The summed E-state index contributed by atoms with van der Waals surface area (Å²) in [5.74, 6) is 0.610. The van der Waals surface area contributed by atoms with E-state index in [1.54, 1.807) is 30.2 Å². The van der Waals surface area contributed by atoms with E-state index in [0.29, 0.717) is 0 Å². The van der Waals surface area contributed by atoms with Crippen LogP contribution < -0.4 is 5.32 Å². The Morgan fingerprint density at radius 1 is 1.26 bits per heavy atom. The van der Waals surface area contributed by atoms with E-state index in [0.717, 1.165) is 22.8 Å². The predicted octanol–water partition coefficient (Wildman–Crippen LogP) is 3.38. The van der Waals surface area contributed by atoms with Crippen LogP contribution in [-0.4, -0.2) is 22.3 Å². The smallest absolute Gasteiger partial charge is 0.130 e. The lowest BCUT2D eigenvalue weighted by Crippen LogP contribution is -2.18. The van der Waals surface area contributed by atoms with Gasteiger partial charge in [-0.15, -0.1) is 11.8 Å². The molecular weight excluding hydrogens is 261 g/mol. The van der Waals surface area contributed by atoms with Crippen LogP contribution in [0.1, 0.15) is 12.5 Å². The highest BCUT2D eigenvalue weighted by atomic mass is 32.2. The Balaban J connectivity index is 1.96. The number of thioether (sulfide) groups is 1. The second-order valence-corrected chi connectivity index (χ2v) is 5.15. The molecule has 2 rings (SSSR count). The van der Waals surface area contributed by atoms with Crippen molar-refractivity contribution in [2.45, 2.75) is 24.4 Å². The first-order chi connectivity index (χ1) is 9.17. The summed E-state index contributed by atoms with van der Waals surface area (Å²) in [6, 6.07) is 8.72. The maximum Gasteiger partial charge on any atom is 0.130 e. The fourth-order valence-corrected chi connectivity index (χ4v) is 2.19. The molecule has 100 valence electrons. The minimum absolute atomic E-state index is 0.204. The van der Waals surface area contributed by atoms with Gasteiger partial charge in [-0.1, -0.05) is 12.1 Å². The van der Waals surface area contributed by atoms with E-state index in [1.165, 1.54) is 12.1 Å². The molecule has 1 aromatic heterocycles. The number of halogens is 1. The molecule has 1 heterocycles. The molecule has 1 unspecified atom stereocenters. The van der Waals surface area contributed by atoms with Gasteiger partial charge in [-0.3, -0.25) is 0 Å². The van der Waals surface area contributed by atoms with Crippen LogP contribution in [-0.2, 0) is 6.42 Å². The average Bonchev–Trinajstić information content (AvgIpc) is 2.41. The van der Waals surface area contributed by atoms with Gasteiger partial charge in [-0.2, -0.15) is 0 Å². The molecule has 1 aromatic carbocycles. The Morgan fingerprint density at radius 2 is 2.00 bits per heavy atom. The SMILES string of the molecule is CSc1cc(NC(C)Cc2ccc(F)cc2)ncn1. The average molecular weight is 277 g/mol. The number of nitrogens with one attached hydrogen (secondary N) is 1. The zero-order chi connectivity index (χ0) is 13.7. The molecule has 0 radical (unpaired) electrons. The van der Waals surface area contributed by atoms with Crippen LogP contribution in [0.3, 0.4) is 0 Å². The number of hydrogen-bond acceptors (Lipinski definition) is 4. The van der Waals surface area contributed by atoms with Crippen LogP contribution in [0.25, 0.3) is 0 Å². The van der Waals surface area contributed by atoms with Gasteiger partial charge in [0, 0.05) is 12.1 Å². The second-order valence-electron chi connectivity index (χ2n) is 4.32. The van der Waals surface area contributed by atoms with Gasteiger partial charge in [0.25, 0.3) is 0 Å². The van der Waals surface area contributed by atoms with Crippen LogP contribution in [0.15, 0.2) is 41.7 Å². The van der Waals surface area contributed by atoms with E-state index >= 15 is 0 Å². The van der Waals surface area contributed by atoms with Crippen molar-refractivity contribution >= 4 is 17.6 Å². The molecule has 0 spiro atoms. The van der Waals surface area contributed by atoms with Gasteiger partial charge < -0.3 is 5.32 Å². The molecule has 0 saturated carbocycles. The maximum absolute atomic E-state index is 12.8. The van der Waals surface area contributed by atoms with E-state index in [2.05, 4.69) is 22.2 Å². The number of hydrogen-bond donors (Lipinski definition) is 1. The normalized spacial score (nSPS) is 12.2. The standard InChI is InChI=1S/C14H16FN3S/c1-10(7-11-3-5-12(15)6-4-11)18-13-8-14(19-2)17-9-16-13/h3-6,8-10H,7H2,1-2H3,(H,16,17,18). The summed E-state index contributed by atoms with van der Waals surface area (Å²) in [6.07, 6.45) is 4.35. The third kappa shape index (κ3) is 4.21. The van der Waals surface area contributed by atoms with E-state index in [4.69, 9.17) is 0 Å². The molecule has 2 aromatic rings. The molecule has 0 fully saturated rings. The fourth-order valence-electron chi connectivity index (χ4n) is 1.81. The molecule has 0 aliphatic heterocycles. The first-order valence-electron chi connectivity index (χ1n) is 6.04. The highest BCUT2D eigenvalue weighted by molar-refractivity contribution is 7.98. The van der Waals surface area contributed by atoms with Gasteiger partial charge in [0.05, 0.1) is 0 Å². The van der Waals surface area contributed by atoms with Gasteiger partial charge in [0.1, 0.15) is 23.0 Å². The minimum atomic E-state index is -0.204. The lowest BCUT2D eigenvalue weighted by molar-refractivity contribution is 0.626. The van der Waals surface area contributed by atoms with Crippen molar-refractivity contribution in [2.75, 3.05) is 11.6 Å². The number of nitrogens with zero attached hydrogens (tertiary/aromatic N) is 2. The molecular formula is C14H16FN3S. The van der Waals surface area contributed by atoms with Gasteiger partial charge in [-0.05, 0) is 37.3 Å². The van der Waals surface area contributed by atoms with Crippen molar-refractivity contribution < 1.29 is 4.39 Å². The third-order valence-corrected chi connectivity index (χ3v) is 3.34. The van der Waals surface area contributed by atoms with Gasteiger partial charge in [0.15, 0.2) is 0 Å². The molecule has 0 saturated heterocycles. The molecule has 19 heavy (non-hydrogen) atoms. The highest BCUT2D eigenvalue weighted by Gasteiger charge is 2.05. The lowest BCUT2D eigenvalue weighted by Gasteiger charge is -2.14. The summed E-state index contributed by atoms with van der Waals surface area (Å²) in [5.41, 5.74) is 1.10. The number of aromatic nitrogens is 2. The van der Waals surface area contributed by atoms with Crippen LogP contribution in [0.2, 0.25) is 0 Å². The lowest BCUT2D eigenvalue weighted by atomic mass is 10.1. The summed E-state index contributed by atoms with van der Waals surface area (Å²) in [4.78, 5) is 8.32. The zero-order valence-corrected chi connectivity index (χ0v) is 11.7. The molecule has 0 amide bonds. The Kier molecular flexibility index (Phi) is 4.74. The molecule has 0 bridgehead atoms. The largest absolute Gasteiger partial charge is 0.367 e. The third-order valence-electron chi connectivity index (χ3n) is 2.70. The van der Waals surface area contributed by atoms with E-state index in [9.17, 15) is 4.39 Å². The van der Waals surface area contributed by atoms with Crippen LogP contribution >= 0.6 is 11.8 Å². The summed E-state index contributed by atoms with van der Waals surface area (Å²) in [6.45, 7) is 2.07. The Morgan fingerprint density at radius 3 is 2.68 bits per heavy atom. The van der Waals surface area contributed by atoms with Crippen molar-refractivity contribution in [3.8, 4) is 0 Å². The van der Waals surface area contributed by atoms with Crippen LogP contribution in [0.4, 0.5) is 10.2 Å². The monoisotopic (exact) mass is 277 g/mol. The van der Waals surface area contributed by atoms with Crippen molar-refractivity contribution in [1.29, 1.82) is 0 Å². The van der Waals surface area contributed by atoms with Gasteiger partial charge in [0.2, 0.25) is 0 Å². The summed E-state index contributed by atoms with van der Waals surface area (Å²) in [7, 11) is 0. The predicted molar refractivity (Wildman–Crippen MR) is 77.0 cm³/mol. The minimum Gasteiger partial charge on any atom is -0.367 e. The maximum atomic E-state index is 12.8. The van der Waals surface area contributed by atoms with Crippen molar-refractivity contribution in [3.63, 3.8) is 0 Å². The topological polar surface area (TPSA) is 37.8 Å². The highest BCUT2D eigenvalue weighted by Crippen LogP contribution is 2.15. The molecule has 0 aliphatic carbocycles. The summed E-state index contributed by atoms with van der Waals surface area (Å²) >= 11 is 1.58. The first-order valence-corrected chi connectivity index (χ1v) is 7.27. The van der Waals surface area contributed by atoms with Crippen molar-refractivity contribution in [1.82, 2.24) is 9.97 Å². The molecule has 3 nitrogen and oxygen atoms in total. The Hall–Kier alpha value is -1.62. The first kappa shape index (κ1) is 13.8. The van der Waals surface area contributed by atoms with E-state index in [-0.39, 0.29) is 11.9 Å². The summed E-state index contributed by atoms with van der Waals surface area (Å²) < 4.78 is 12.8. The van der Waals surface area contributed by atoms with Gasteiger partial charge >= 0.3 is 0 Å². The van der Waals surface area contributed by atoms with Crippen molar-refractivity contribution in [3.05, 3.63) is 48.0 Å². The van der Waals surface area contributed by atoms with Crippen molar-refractivity contribution in [2.24, 2.45) is 0 Å². The zero-order valence-electron chi connectivity index (χ0n) is 10.9. The van der Waals surface area contributed by atoms with Crippen LogP contribution in [0.5, 0.6) is 0 Å². The van der Waals surface area contributed by atoms with Gasteiger partial charge in [-0.25, -0.2) is 14.4 Å². The number of anilines is 1. The molecule has 5 heteroatoms. The number of benzene rings is 1. The Bertz CT molecular complexity index is 530. The quantitative estimate of drug-likeness (QED) is 0.671. The Labute approximate surface area is 116 Å².